The molecule has 0 saturated carbocycles. The molecule has 0 spiro atoms. The van der Waals surface area contributed by atoms with Crippen LogP contribution in [0.15, 0.2) is 54.6 Å². The summed E-state index contributed by atoms with van der Waals surface area (Å²) >= 11 is 0. The number of amides is 1. The second kappa shape index (κ2) is 9.57. The molecule has 0 aliphatic carbocycles. The Morgan fingerprint density at radius 2 is 1.73 bits per heavy atom. The van der Waals surface area contributed by atoms with E-state index in [0.29, 0.717) is 12.8 Å². The minimum absolute atomic E-state index is 0.0787. The van der Waals surface area contributed by atoms with Gasteiger partial charge in [-0.1, -0.05) is 42.5 Å². The molecule has 0 bridgehead atoms. The van der Waals surface area contributed by atoms with Crippen molar-refractivity contribution in [2.75, 3.05) is 0 Å². The lowest BCUT2D eigenvalue weighted by atomic mass is 10.1. The smallest absolute Gasteiger partial charge is 0.220 e. The van der Waals surface area contributed by atoms with Crippen molar-refractivity contribution in [3.63, 3.8) is 0 Å². The van der Waals surface area contributed by atoms with Crippen molar-refractivity contribution in [3.05, 3.63) is 77.4 Å². The third-order valence-electron chi connectivity index (χ3n) is 5.74. The lowest BCUT2D eigenvalue weighted by Crippen LogP contribution is -2.35. The molecule has 6 heteroatoms. The van der Waals surface area contributed by atoms with Crippen LogP contribution in [0.1, 0.15) is 42.0 Å². The normalized spacial score (nSPS) is 15.9. The number of hydrogen-bond donors (Lipinski definition) is 2. The number of aryl methyl sites for hydroxylation is 4. The SMILES string of the molecule is O=C(CCc1ccc(O)cc1)NC1CCc2nnc(CCc3ccccc3)n2CC1. The van der Waals surface area contributed by atoms with Crippen molar-refractivity contribution in [2.24, 2.45) is 0 Å². The summed E-state index contributed by atoms with van der Waals surface area (Å²) in [4.78, 5) is 12.4. The van der Waals surface area contributed by atoms with E-state index in [2.05, 4.69) is 44.3 Å². The van der Waals surface area contributed by atoms with Gasteiger partial charge in [-0.05, 0) is 48.9 Å². The molecule has 1 unspecified atom stereocenters. The molecule has 4 rings (SSSR count). The van der Waals surface area contributed by atoms with Crippen LogP contribution in [0.5, 0.6) is 5.75 Å². The molecule has 2 heterocycles. The van der Waals surface area contributed by atoms with E-state index in [1.807, 2.05) is 18.2 Å². The summed E-state index contributed by atoms with van der Waals surface area (Å²) in [5.41, 5.74) is 2.36. The molecule has 2 N–H and O–H groups in total. The van der Waals surface area contributed by atoms with Crippen LogP contribution in [0, 0.1) is 0 Å². The Morgan fingerprint density at radius 3 is 2.53 bits per heavy atom. The Hall–Kier alpha value is -3.15. The van der Waals surface area contributed by atoms with Gasteiger partial charge in [-0.15, -0.1) is 10.2 Å². The van der Waals surface area contributed by atoms with Crippen LogP contribution >= 0.6 is 0 Å². The summed E-state index contributed by atoms with van der Waals surface area (Å²) in [7, 11) is 0. The fourth-order valence-electron chi connectivity index (χ4n) is 4.00. The number of phenols is 1. The number of carbonyl (C=O) groups excluding carboxylic acids is 1. The van der Waals surface area contributed by atoms with E-state index in [0.717, 1.165) is 55.9 Å². The largest absolute Gasteiger partial charge is 0.508 e. The zero-order valence-electron chi connectivity index (χ0n) is 17.1. The predicted molar refractivity (Wildman–Crippen MR) is 115 cm³/mol. The molecule has 1 atom stereocenters. The van der Waals surface area contributed by atoms with Crippen LogP contribution in [0.4, 0.5) is 0 Å². The summed E-state index contributed by atoms with van der Waals surface area (Å²) in [5, 5.41) is 21.4. The standard InChI is InChI=1S/C24H28N4O2/c29-21-11-6-19(7-12-21)9-15-24(30)25-20-10-14-23-27-26-22(28(23)17-16-20)13-8-18-4-2-1-3-5-18/h1-7,11-12,20,29H,8-10,13-17H2,(H,25,30). The van der Waals surface area contributed by atoms with Gasteiger partial charge in [-0.25, -0.2) is 0 Å². The van der Waals surface area contributed by atoms with Crippen LogP contribution in [0.25, 0.3) is 0 Å². The van der Waals surface area contributed by atoms with Crippen molar-refractivity contribution in [3.8, 4) is 5.75 Å². The lowest BCUT2D eigenvalue weighted by Gasteiger charge is -2.16. The minimum Gasteiger partial charge on any atom is -0.508 e. The second-order valence-electron chi connectivity index (χ2n) is 7.93. The first kappa shape index (κ1) is 20.1. The molecule has 0 saturated heterocycles. The first-order valence-electron chi connectivity index (χ1n) is 10.7. The fourth-order valence-corrected chi connectivity index (χ4v) is 4.00. The molecular weight excluding hydrogens is 376 g/mol. The maximum atomic E-state index is 12.4. The van der Waals surface area contributed by atoms with Gasteiger partial charge >= 0.3 is 0 Å². The molecule has 30 heavy (non-hydrogen) atoms. The number of aromatic nitrogens is 3. The highest BCUT2D eigenvalue weighted by molar-refractivity contribution is 5.76. The van der Waals surface area contributed by atoms with Crippen molar-refractivity contribution in [2.45, 2.75) is 57.5 Å². The number of hydrogen-bond acceptors (Lipinski definition) is 4. The van der Waals surface area contributed by atoms with Gasteiger partial charge in [0, 0.05) is 31.8 Å². The molecule has 1 aliphatic heterocycles. The average Bonchev–Trinajstić information content (AvgIpc) is 3.05. The van der Waals surface area contributed by atoms with Gasteiger partial charge in [0.25, 0.3) is 0 Å². The van der Waals surface area contributed by atoms with Crippen molar-refractivity contribution in [1.82, 2.24) is 20.1 Å². The Morgan fingerprint density at radius 1 is 0.967 bits per heavy atom. The van der Waals surface area contributed by atoms with Crippen LogP contribution in [0.2, 0.25) is 0 Å². The third-order valence-corrected chi connectivity index (χ3v) is 5.74. The van der Waals surface area contributed by atoms with Crippen LogP contribution in [0.3, 0.4) is 0 Å². The van der Waals surface area contributed by atoms with E-state index in [1.165, 1.54) is 5.56 Å². The molecule has 1 aromatic heterocycles. The minimum atomic E-state index is 0.0787. The van der Waals surface area contributed by atoms with E-state index >= 15 is 0 Å². The summed E-state index contributed by atoms with van der Waals surface area (Å²) in [6, 6.07) is 17.6. The zero-order chi connectivity index (χ0) is 20.8. The van der Waals surface area contributed by atoms with Crippen LogP contribution < -0.4 is 5.32 Å². The Bertz CT molecular complexity index is 967. The summed E-state index contributed by atoms with van der Waals surface area (Å²) in [5.74, 6) is 2.39. The number of carbonyl (C=O) groups is 1. The van der Waals surface area contributed by atoms with Crippen LogP contribution in [-0.4, -0.2) is 31.8 Å². The first-order chi connectivity index (χ1) is 14.7. The summed E-state index contributed by atoms with van der Waals surface area (Å²) in [6.45, 7) is 0.843. The number of aromatic hydroxyl groups is 1. The van der Waals surface area contributed by atoms with E-state index in [9.17, 15) is 9.90 Å². The highest BCUT2D eigenvalue weighted by Gasteiger charge is 2.21. The van der Waals surface area contributed by atoms with Crippen LogP contribution in [-0.2, 0) is 37.0 Å². The molecule has 0 radical (unpaired) electrons. The Balaban J connectivity index is 1.27. The number of rotatable bonds is 7. The van der Waals surface area contributed by atoms with Gasteiger partial charge < -0.3 is 15.0 Å². The van der Waals surface area contributed by atoms with E-state index in [-0.39, 0.29) is 17.7 Å². The fraction of sp³-hybridized carbons (Fsp3) is 0.375. The number of nitrogens with zero attached hydrogens (tertiary/aromatic N) is 3. The highest BCUT2D eigenvalue weighted by atomic mass is 16.3. The lowest BCUT2D eigenvalue weighted by molar-refractivity contribution is -0.121. The van der Waals surface area contributed by atoms with Gasteiger partial charge in [0.1, 0.15) is 17.4 Å². The Labute approximate surface area is 177 Å². The quantitative estimate of drug-likeness (QED) is 0.634. The number of fused-ring (bicyclic) bond motifs is 1. The summed E-state index contributed by atoms with van der Waals surface area (Å²) < 4.78 is 2.24. The topological polar surface area (TPSA) is 80.0 Å². The number of nitrogens with one attached hydrogen (secondary N) is 1. The number of benzene rings is 2. The van der Waals surface area contributed by atoms with E-state index in [1.54, 1.807) is 12.1 Å². The van der Waals surface area contributed by atoms with Gasteiger partial charge in [0.2, 0.25) is 5.91 Å². The van der Waals surface area contributed by atoms with E-state index in [4.69, 9.17) is 0 Å². The molecule has 2 aromatic carbocycles. The predicted octanol–water partition coefficient (Wildman–Crippen LogP) is 3.22. The molecule has 1 amide bonds. The van der Waals surface area contributed by atoms with Gasteiger partial charge in [0.15, 0.2) is 0 Å². The number of phenolic OH excluding ortho intramolecular Hbond substituents is 1. The third kappa shape index (κ3) is 5.26. The van der Waals surface area contributed by atoms with Crippen molar-refractivity contribution in [1.29, 1.82) is 0 Å². The van der Waals surface area contributed by atoms with Gasteiger partial charge in [0.05, 0.1) is 0 Å². The van der Waals surface area contributed by atoms with E-state index < -0.39 is 0 Å². The molecule has 0 fully saturated rings. The van der Waals surface area contributed by atoms with Crippen molar-refractivity contribution < 1.29 is 9.90 Å². The maximum Gasteiger partial charge on any atom is 0.220 e. The van der Waals surface area contributed by atoms with Gasteiger partial charge in [-0.2, -0.15) is 0 Å². The molecule has 1 aliphatic rings. The molecule has 156 valence electrons. The zero-order valence-corrected chi connectivity index (χ0v) is 17.1. The monoisotopic (exact) mass is 404 g/mol. The highest BCUT2D eigenvalue weighted by Crippen LogP contribution is 2.17. The molecule has 6 nitrogen and oxygen atoms in total. The maximum absolute atomic E-state index is 12.4. The summed E-state index contributed by atoms with van der Waals surface area (Å²) in [6.07, 6.45) is 5.58. The molecule has 3 aromatic rings. The van der Waals surface area contributed by atoms with Crippen molar-refractivity contribution >= 4 is 5.91 Å². The average molecular weight is 405 g/mol. The molecular formula is C24H28N4O2. The first-order valence-corrected chi connectivity index (χ1v) is 10.7. The second-order valence-corrected chi connectivity index (χ2v) is 7.93. The van der Waals surface area contributed by atoms with Gasteiger partial charge in [-0.3, -0.25) is 4.79 Å². The Kier molecular flexibility index (Phi) is 6.42.